The number of carboxylic acid groups (broad SMARTS) is 1. The first-order valence-corrected chi connectivity index (χ1v) is 12.6. The van der Waals surface area contributed by atoms with E-state index in [0.29, 0.717) is 37.2 Å². The van der Waals surface area contributed by atoms with Crippen molar-refractivity contribution >= 4 is 15.8 Å². The summed E-state index contributed by atoms with van der Waals surface area (Å²) in [6.45, 7) is 5.42. The number of sulfone groups is 1. The summed E-state index contributed by atoms with van der Waals surface area (Å²) in [5.74, 6) is -0.607. The molecule has 2 rings (SSSR count). The van der Waals surface area contributed by atoms with Gasteiger partial charge in [-0.3, -0.25) is 4.79 Å². The molecule has 6 nitrogen and oxygen atoms in total. The van der Waals surface area contributed by atoms with E-state index in [1.165, 1.54) is 0 Å². The Bertz CT molecular complexity index is 985. The van der Waals surface area contributed by atoms with Crippen LogP contribution in [0.4, 0.5) is 0 Å². The van der Waals surface area contributed by atoms with Gasteiger partial charge in [0, 0.05) is 0 Å². The van der Waals surface area contributed by atoms with Crippen LogP contribution in [0.25, 0.3) is 0 Å². The minimum absolute atomic E-state index is 0.0346. The predicted octanol–water partition coefficient (Wildman–Crippen LogP) is 4.21. The number of carboxylic acids is 1. The van der Waals surface area contributed by atoms with Crippen LogP contribution in [-0.4, -0.2) is 42.7 Å². The number of carbonyl (C=O) groups is 1. The molecule has 0 amide bonds. The van der Waals surface area contributed by atoms with Gasteiger partial charge in [0.25, 0.3) is 0 Å². The van der Waals surface area contributed by atoms with Gasteiger partial charge in [0.05, 0.1) is 23.5 Å². The minimum Gasteiger partial charge on any atom is -0.489 e. The van der Waals surface area contributed by atoms with Crippen LogP contribution in [0.5, 0.6) is 5.75 Å². The van der Waals surface area contributed by atoms with Gasteiger partial charge in [-0.2, -0.15) is 0 Å². The number of rotatable bonds is 13. The Kier molecular flexibility index (Phi) is 8.87. The van der Waals surface area contributed by atoms with Crippen molar-refractivity contribution < 1.29 is 28.2 Å². The molecule has 0 aromatic heterocycles. The van der Waals surface area contributed by atoms with Crippen LogP contribution in [0.15, 0.2) is 54.6 Å². The summed E-state index contributed by atoms with van der Waals surface area (Å²) in [4.78, 5) is 12.2. The molecule has 176 valence electrons. The number of ether oxygens (including phenoxy) is 1. The molecule has 0 saturated carbocycles. The van der Waals surface area contributed by atoms with Crippen molar-refractivity contribution in [3.05, 3.63) is 65.7 Å². The monoisotopic (exact) mass is 462 g/mol. The second-order valence-corrected chi connectivity index (χ2v) is 11.5. The van der Waals surface area contributed by atoms with Gasteiger partial charge in [-0.25, -0.2) is 8.42 Å². The Balaban J connectivity index is 2.07. The zero-order valence-corrected chi connectivity index (χ0v) is 19.9. The average Bonchev–Trinajstić information content (AvgIpc) is 2.72. The van der Waals surface area contributed by atoms with E-state index in [2.05, 4.69) is 0 Å². The molecule has 1 unspecified atom stereocenters. The SMILES string of the molecule is CC(C)(CCCC(C)(C(=O)O)c1cccc(OCc2ccccc2)c1)CS(=O)(=O)CCO. The standard InChI is InChI=1S/C25H34O6S/c1-24(2,19-32(29,30)16-15-26)13-8-14-25(3,23(27)28)21-11-7-12-22(17-21)31-18-20-9-5-4-6-10-20/h4-7,9-12,17,26H,8,13-16,18-19H2,1-3H3,(H,27,28). The van der Waals surface area contributed by atoms with E-state index in [1.54, 1.807) is 25.1 Å². The third-order valence-corrected chi connectivity index (χ3v) is 7.76. The highest BCUT2D eigenvalue weighted by molar-refractivity contribution is 7.91. The predicted molar refractivity (Wildman–Crippen MR) is 126 cm³/mol. The first-order valence-electron chi connectivity index (χ1n) is 10.8. The molecule has 2 aromatic carbocycles. The highest BCUT2D eigenvalue weighted by Gasteiger charge is 2.36. The second-order valence-electron chi connectivity index (χ2n) is 9.27. The first-order chi connectivity index (χ1) is 15.0. The Morgan fingerprint density at radius 1 is 1.00 bits per heavy atom. The number of benzene rings is 2. The lowest BCUT2D eigenvalue weighted by Crippen LogP contribution is -2.33. The largest absolute Gasteiger partial charge is 0.489 e. The van der Waals surface area contributed by atoms with E-state index in [-0.39, 0.29) is 11.5 Å². The highest BCUT2D eigenvalue weighted by Crippen LogP contribution is 2.35. The van der Waals surface area contributed by atoms with Gasteiger partial charge in [0.15, 0.2) is 9.84 Å². The van der Waals surface area contributed by atoms with Crippen LogP contribution in [-0.2, 0) is 26.7 Å². The zero-order chi connectivity index (χ0) is 23.8. The van der Waals surface area contributed by atoms with Gasteiger partial charge >= 0.3 is 5.97 Å². The molecule has 2 aromatic rings. The fourth-order valence-corrected chi connectivity index (χ4v) is 5.60. The van der Waals surface area contributed by atoms with E-state index >= 15 is 0 Å². The first kappa shape index (κ1) is 25.9. The summed E-state index contributed by atoms with van der Waals surface area (Å²) in [5.41, 5.74) is 0.0544. The summed E-state index contributed by atoms with van der Waals surface area (Å²) >= 11 is 0. The van der Waals surface area contributed by atoms with Crippen LogP contribution in [0, 0.1) is 5.41 Å². The number of aliphatic carboxylic acids is 1. The maximum Gasteiger partial charge on any atom is 0.313 e. The average molecular weight is 463 g/mol. The summed E-state index contributed by atoms with van der Waals surface area (Å²) < 4.78 is 30.0. The third-order valence-electron chi connectivity index (χ3n) is 5.73. The van der Waals surface area contributed by atoms with Crippen LogP contribution in [0.1, 0.15) is 51.2 Å². The van der Waals surface area contributed by atoms with Crippen molar-refractivity contribution in [2.24, 2.45) is 5.41 Å². The molecule has 0 aliphatic rings. The summed E-state index contributed by atoms with van der Waals surface area (Å²) in [7, 11) is -3.34. The normalized spacial score (nSPS) is 14.0. The lowest BCUT2D eigenvalue weighted by Gasteiger charge is -2.29. The number of hydrogen-bond acceptors (Lipinski definition) is 5. The van der Waals surface area contributed by atoms with Crippen molar-refractivity contribution in [3.63, 3.8) is 0 Å². The lowest BCUT2D eigenvalue weighted by atomic mass is 9.76. The van der Waals surface area contributed by atoms with Gasteiger partial charge in [0.2, 0.25) is 0 Å². The van der Waals surface area contributed by atoms with Crippen molar-refractivity contribution in [2.45, 2.75) is 52.1 Å². The van der Waals surface area contributed by atoms with Gasteiger partial charge in [0.1, 0.15) is 12.4 Å². The molecule has 0 aliphatic carbocycles. The molecule has 32 heavy (non-hydrogen) atoms. The molecule has 0 fully saturated rings. The zero-order valence-electron chi connectivity index (χ0n) is 19.1. The molecule has 0 heterocycles. The number of aliphatic hydroxyl groups is 1. The van der Waals surface area contributed by atoms with Crippen LogP contribution < -0.4 is 4.74 Å². The number of hydrogen-bond donors (Lipinski definition) is 2. The summed E-state index contributed by atoms with van der Waals surface area (Å²) in [6.07, 6.45) is 1.48. The quantitative estimate of drug-likeness (QED) is 0.462. The molecule has 0 bridgehead atoms. The van der Waals surface area contributed by atoms with E-state index in [4.69, 9.17) is 9.84 Å². The van der Waals surface area contributed by atoms with Crippen LogP contribution >= 0.6 is 0 Å². The molecular weight excluding hydrogens is 428 g/mol. The minimum atomic E-state index is -3.34. The van der Waals surface area contributed by atoms with Crippen LogP contribution in [0.3, 0.4) is 0 Å². The highest BCUT2D eigenvalue weighted by atomic mass is 32.2. The smallest absolute Gasteiger partial charge is 0.313 e. The fourth-order valence-electron chi connectivity index (χ4n) is 3.84. The van der Waals surface area contributed by atoms with Crippen LogP contribution in [0.2, 0.25) is 0 Å². The Morgan fingerprint density at radius 3 is 2.31 bits per heavy atom. The number of aliphatic hydroxyl groups excluding tert-OH is 1. The van der Waals surface area contributed by atoms with E-state index in [9.17, 15) is 18.3 Å². The van der Waals surface area contributed by atoms with Gasteiger partial charge in [-0.05, 0) is 48.4 Å². The topological polar surface area (TPSA) is 101 Å². The van der Waals surface area contributed by atoms with E-state index < -0.39 is 33.2 Å². The molecule has 0 saturated heterocycles. The van der Waals surface area contributed by atoms with Gasteiger partial charge in [-0.15, -0.1) is 0 Å². The summed E-state index contributed by atoms with van der Waals surface area (Å²) in [6, 6.07) is 16.9. The van der Waals surface area contributed by atoms with Crippen molar-refractivity contribution in [1.82, 2.24) is 0 Å². The Labute approximate surface area is 191 Å². The Hall–Kier alpha value is -2.38. The van der Waals surface area contributed by atoms with Gasteiger partial charge < -0.3 is 14.9 Å². The molecule has 0 spiro atoms. The lowest BCUT2D eigenvalue weighted by molar-refractivity contribution is -0.143. The van der Waals surface area contributed by atoms with Gasteiger partial charge in [-0.1, -0.05) is 62.7 Å². The maximum atomic E-state index is 12.2. The molecule has 0 aliphatic heterocycles. The van der Waals surface area contributed by atoms with Crippen molar-refractivity contribution in [1.29, 1.82) is 0 Å². The molecular formula is C25H34O6S. The Morgan fingerprint density at radius 2 is 1.69 bits per heavy atom. The third kappa shape index (κ3) is 7.64. The second kappa shape index (κ2) is 11.0. The van der Waals surface area contributed by atoms with Crippen molar-refractivity contribution in [2.75, 3.05) is 18.1 Å². The summed E-state index contributed by atoms with van der Waals surface area (Å²) in [5, 5.41) is 18.9. The molecule has 0 radical (unpaired) electrons. The molecule has 7 heteroatoms. The molecule has 1 atom stereocenters. The van der Waals surface area contributed by atoms with E-state index in [1.807, 2.05) is 50.2 Å². The van der Waals surface area contributed by atoms with Crippen molar-refractivity contribution in [3.8, 4) is 5.75 Å². The fraction of sp³-hybridized carbons (Fsp3) is 0.480. The maximum absolute atomic E-state index is 12.2. The van der Waals surface area contributed by atoms with E-state index in [0.717, 1.165) is 5.56 Å². The molecule has 2 N–H and O–H groups in total.